The zero-order valence-electron chi connectivity index (χ0n) is 10.7. The van der Waals surface area contributed by atoms with Crippen LogP contribution in [0.5, 0.6) is 0 Å². The second-order valence-electron chi connectivity index (χ2n) is 4.61. The number of rotatable bonds is 2. The van der Waals surface area contributed by atoms with Crippen LogP contribution in [0.1, 0.15) is 17.2 Å². The summed E-state index contributed by atoms with van der Waals surface area (Å²) in [7, 11) is 0. The van der Waals surface area contributed by atoms with Gasteiger partial charge in [0.15, 0.2) is 17.5 Å². The molecular weight excluding hydrogens is 279 g/mol. The van der Waals surface area contributed by atoms with Crippen molar-refractivity contribution in [1.82, 2.24) is 4.98 Å². The van der Waals surface area contributed by atoms with E-state index in [0.29, 0.717) is 10.9 Å². The number of fused-ring (bicyclic) bond motifs is 1. The summed E-state index contributed by atoms with van der Waals surface area (Å²) in [6, 6.07) is 8.59. The highest BCUT2D eigenvalue weighted by Gasteiger charge is 2.21. The van der Waals surface area contributed by atoms with E-state index in [1.54, 1.807) is 36.7 Å². The van der Waals surface area contributed by atoms with Gasteiger partial charge < -0.3 is 5.11 Å². The van der Waals surface area contributed by atoms with E-state index in [4.69, 9.17) is 0 Å². The second-order valence-corrected chi connectivity index (χ2v) is 4.61. The van der Waals surface area contributed by atoms with Crippen molar-refractivity contribution in [3.05, 3.63) is 77.4 Å². The normalized spacial score (nSPS) is 12.6. The lowest BCUT2D eigenvalue weighted by Crippen LogP contribution is -2.06. The van der Waals surface area contributed by atoms with Gasteiger partial charge in [0.05, 0.1) is 0 Å². The highest BCUT2D eigenvalue weighted by Crippen LogP contribution is 2.31. The maximum atomic E-state index is 13.8. The fraction of sp³-hybridized carbons (Fsp3) is 0.0625. The molecule has 0 radical (unpaired) electrons. The molecule has 1 heterocycles. The topological polar surface area (TPSA) is 33.1 Å². The molecule has 0 aliphatic carbocycles. The van der Waals surface area contributed by atoms with Crippen LogP contribution in [0.2, 0.25) is 0 Å². The first kappa shape index (κ1) is 13.6. The van der Waals surface area contributed by atoms with Crippen molar-refractivity contribution in [1.29, 1.82) is 0 Å². The van der Waals surface area contributed by atoms with Crippen LogP contribution in [0, 0.1) is 17.5 Å². The molecule has 0 aliphatic heterocycles. The van der Waals surface area contributed by atoms with Crippen molar-refractivity contribution in [2.45, 2.75) is 6.10 Å². The smallest absolute Gasteiger partial charge is 0.194 e. The minimum atomic E-state index is -1.59. The SMILES string of the molecule is OC(c1ccc(F)c(F)c1F)c1cccc2cnccc12. The minimum absolute atomic E-state index is 0.307. The zero-order valence-corrected chi connectivity index (χ0v) is 10.7. The summed E-state index contributed by atoms with van der Waals surface area (Å²) in [4.78, 5) is 3.96. The number of aliphatic hydroxyl groups excluding tert-OH is 1. The molecule has 3 rings (SSSR count). The highest BCUT2D eigenvalue weighted by molar-refractivity contribution is 5.85. The van der Waals surface area contributed by atoms with Gasteiger partial charge >= 0.3 is 0 Å². The number of benzene rings is 2. The van der Waals surface area contributed by atoms with Crippen molar-refractivity contribution in [2.75, 3.05) is 0 Å². The molecule has 0 spiro atoms. The van der Waals surface area contributed by atoms with Crippen LogP contribution in [0.3, 0.4) is 0 Å². The van der Waals surface area contributed by atoms with E-state index in [1.165, 1.54) is 0 Å². The predicted octanol–water partition coefficient (Wildman–Crippen LogP) is 3.73. The quantitative estimate of drug-likeness (QED) is 0.729. The highest BCUT2D eigenvalue weighted by atomic mass is 19.2. The summed E-state index contributed by atoms with van der Waals surface area (Å²) in [5.41, 5.74) is 0.0954. The number of hydrogen-bond donors (Lipinski definition) is 1. The average molecular weight is 289 g/mol. The molecule has 0 amide bonds. The van der Waals surface area contributed by atoms with Gasteiger partial charge in [0.1, 0.15) is 6.10 Å². The van der Waals surface area contributed by atoms with Crippen LogP contribution in [0.15, 0.2) is 48.8 Å². The Morgan fingerprint density at radius 3 is 2.52 bits per heavy atom. The Balaban J connectivity index is 2.17. The Labute approximate surface area is 118 Å². The van der Waals surface area contributed by atoms with Gasteiger partial charge in [-0.05, 0) is 23.1 Å². The lowest BCUT2D eigenvalue weighted by molar-refractivity contribution is 0.214. The standard InChI is InChI=1S/C16H10F3NO/c17-13-5-4-12(14(18)15(13)19)16(21)11-3-1-2-9-8-20-7-6-10(9)11/h1-8,16,21H. The second kappa shape index (κ2) is 5.18. The van der Waals surface area contributed by atoms with E-state index in [1.807, 2.05) is 0 Å². The molecule has 2 nitrogen and oxygen atoms in total. The van der Waals surface area contributed by atoms with Gasteiger partial charge in [0.25, 0.3) is 0 Å². The van der Waals surface area contributed by atoms with Crippen LogP contribution in [0.4, 0.5) is 13.2 Å². The van der Waals surface area contributed by atoms with E-state index in [0.717, 1.165) is 17.5 Å². The molecule has 0 bridgehead atoms. The molecule has 1 atom stereocenters. The van der Waals surface area contributed by atoms with Crippen LogP contribution in [0.25, 0.3) is 10.8 Å². The number of pyridine rings is 1. The van der Waals surface area contributed by atoms with Gasteiger partial charge in [0, 0.05) is 23.3 Å². The molecule has 1 aromatic heterocycles. The van der Waals surface area contributed by atoms with Crippen LogP contribution >= 0.6 is 0 Å². The molecular formula is C16H10F3NO. The van der Waals surface area contributed by atoms with Crippen LogP contribution in [-0.2, 0) is 0 Å². The molecule has 1 unspecified atom stereocenters. The third kappa shape index (κ3) is 2.25. The van der Waals surface area contributed by atoms with Gasteiger partial charge in [-0.15, -0.1) is 0 Å². The lowest BCUT2D eigenvalue weighted by atomic mass is 9.96. The molecule has 0 aliphatic rings. The summed E-state index contributed by atoms with van der Waals surface area (Å²) in [5, 5.41) is 11.8. The first-order valence-corrected chi connectivity index (χ1v) is 6.23. The molecule has 0 saturated carbocycles. The van der Waals surface area contributed by atoms with Crippen molar-refractivity contribution >= 4 is 10.8 Å². The molecule has 0 saturated heterocycles. The van der Waals surface area contributed by atoms with E-state index < -0.39 is 23.6 Å². The Morgan fingerprint density at radius 2 is 1.71 bits per heavy atom. The summed E-state index contributed by atoms with van der Waals surface area (Å²) in [5.74, 6) is -4.26. The number of hydrogen-bond acceptors (Lipinski definition) is 2. The summed E-state index contributed by atoms with van der Waals surface area (Å²) < 4.78 is 40.1. The van der Waals surface area contributed by atoms with Crippen molar-refractivity contribution in [3.63, 3.8) is 0 Å². The third-order valence-corrected chi connectivity index (χ3v) is 3.37. The first-order chi connectivity index (χ1) is 10.1. The molecule has 0 fully saturated rings. The maximum absolute atomic E-state index is 13.8. The Bertz CT molecular complexity index is 814. The summed E-state index contributed by atoms with van der Waals surface area (Å²) in [6.07, 6.45) is 1.75. The van der Waals surface area contributed by atoms with E-state index in [-0.39, 0.29) is 5.56 Å². The summed E-state index contributed by atoms with van der Waals surface area (Å²) in [6.45, 7) is 0. The van der Waals surface area contributed by atoms with Crippen molar-refractivity contribution in [3.8, 4) is 0 Å². The fourth-order valence-electron chi connectivity index (χ4n) is 2.31. The number of aliphatic hydroxyl groups is 1. The Kier molecular flexibility index (Phi) is 3.35. The molecule has 2 aromatic carbocycles. The van der Waals surface area contributed by atoms with Crippen LogP contribution < -0.4 is 0 Å². The predicted molar refractivity (Wildman–Crippen MR) is 72.1 cm³/mol. The van der Waals surface area contributed by atoms with Gasteiger partial charge in [-0.3, -0.25) is 4.98 Å². The number of halogens is 3. The van der Waals surface area contributed by atoms with Gasteiger partial charge in [-0.1, -0.05) is 24.3 Å². The van der Waals surface area contributed by atoms with E-state index >= 15 is 0 Å². The summed E-state index contributed by atoms with van der Waals surface area (Å²) >= 11 is 0. The molecule has 21 heavy (non-hydrogen) atoms. The van der Waals surface area contributed by atoms with E-state index in [2.05, 4.69) is 4.98 Å². The van der Waals surface area contributed by atoms with Crippen molar-refractivity contribution in [2.24, 2.45) is 0 Å². The fourth-order valence-corrected chi connectivity index (χ4v) is 2.31. The molecule has 106 valence electrons. The average Bonchev–Trinajstić information content (AvgIpc) is 2.51. The number of nitrogens with zero attached hydrogens (tertiary/aromatic N) is 1. The molecule has 3 aromatic rings. The maximum Gasteiger partial charge on any atom is 0.194 e. The minimum Gasteiger partial charge on any atom is -0.384 e. The van der Waals surface area contributed by atoms with E-state index in [9.17, 15) is 18.3 Å². The third-order valence-electron chi connectivity index (χ3n) is 3.37. The Morgan fingerprint density at radius 1 is 0.905 bits per heavy atom. The van der Waals surface area contributed by atoms with Gasteiger partial charge in [0.2, 0.25) is 0 Å². The van der Waals surface area contributed by atoms with Gasteiger partial charge in [-0.25, -0.2) is 13.2 Å². The lowest BCUT2D eigenvalue weighted by Gasteiger charge is -2.15. The number of aromatic nitrogens is 1. The first-order valence-electron chi connectivity index (χ1n) is 6.23. The zero-order chi connectivity index (χ0) is 15.0. The largest absolute Gasteiger partial charge is 0.384 e. The molecule has 1 N–H and O–H groups in total. The molecule has 5 heteroatoms. The van der Waals surface area contributed by atoms with Crippen molar-refractivity contribution < 1.29 is 18.3 Å². The van der Waals surface area contributed by atoms with Crippen LogP contribution in [-0.4, -0.2) is 10.1 Å². The monoisotopic (exact) mass is 289 g/mol. The van der Waals surface area contributed by atoms with Gasteiger partial charge in [-0.2, -0.15) is 0 Å². The Hall–Kier alpha value is -2.40.